The first-order valence-electron chi connectivity index (χ1n) is 9.58. The minimum Gasteiger partial charge on any atom is -0.480 e. The third-order valence-electron chi connectivity index (χ3n) is 5.90. The van der Waals surface area contributed by atoms with E-state index in [1.165, 1.54) is 11.1 Å². The fourth-order valence-electron chi connectivity index (χ4n) is 4.27. The highest BCUT2D eigenvalue weighted by molar-refractivity contribution is 5.83. The molecule has 1 N–H and O–H groups in total. The van der Waals surface area contributed by atoms with Gasteiger partial charge in [0.25, 0.3) is 5.91 Å². The Morgan fingerprint density at radius 2 is 2.04 bits per heavy atom. The van der Waals surface area contributed by atoms with Crippen LogP contribution in [0.1, 0.15) is 29.5 Å². The Morgan fingerprint density at radius 3 is 2.85 bits per heavy atom. The van der Waals surface area contributed by atoms with E-state index in [9.17, 15) is 9.59 Å². The predicted molar refractivity (Wildman–Crippen MR) is 98.2 cm³/mol. The number of rotatable bonds is 2. The van der Waals surface area contributed by atoms with E-state index in [1.807, 2.05) is 15.9 Å². The molecule has 0 radical (unpaired) electrons. The molecule has 0 bridgehead atoms. The minimum absolute atomic E-state index is 0.0591. The highest BCUT2D eigenvalue weighted by Gasteiger charge is 2.37. The van der Waals surface area contributed by atoms with Gasteiger partial charge in [-0.1, -0.05) is 6.07 Å². The molecule has 1 aromatic carbocycles. The van der Waals surface area contributed by atoms with Crippen LogP contribution < -0.4 is 10.1 Å². The summed E-state index contributed by atoms with van der Waals surface area (Å²) in [5.41, 5.74) is 3.54. The van der Waals surface area contributed by atoms with Crippen molar-refractivity contribution in [3.8, 4) is 5.75 Å². The number of likely N-dealkylation sites (tertiary alicyclic amines) is 1. The molecule has 2 saturated heterocycles. The first-order valence-corrected chi connectivity index (χ1v) is 9.58. The van der Waals surface area contributed by atoms with Crippen LogP contribution in [-0.4, -0.2) is 66.5 Å². The molecule has 140 valence electrons. The molecule has 1 aromatic rings. The molecule has 0 spiro atoms. The summed E-state index contributed by atoms with van der Waals surface area (Å²) in [6.45, 7) is 7.50. The van der Waals surface area contributed by atoms with E-state index in [0.717, 1.165) is 43.8 Å². The van der Waals surface area contributed by atoms with Gasteiger partial charge < -0.3 is 19.9 Å². The van der Waals surface area contributed by atoms with Crippen molar-refractivity contribution >= 4 is 11.8 Å². The molecular formula is C20H27N3O3. The second kappa shape index (κ2) is 6.91. The molecule has 2 atom stereocenters. The van der Waals surface area contributed by atoms with Gasteiger partial charge in [0.2, 0.25) is 5.91 Å². The maximum Gasteiger partial charge on any atom is 0.264 e. The van der Waals surface area contributed by atoms with Gasteiger partial charge in [0.15, 0.2) is 6.10 Å². The number of piperazine rings is 1. The van der Waals surface area contributed by atoms with E-state index >= 15 is 0 Å². The standard InChI is InChI=1S/C20H27N3O3/c1-13-8-15-10-18(26-17(15)9-14(13)2)20(25)22-6-3-4-16(12-22)23-7-5-21-11-19(23)24/h8-9,16,18,21H,3-7,10-12H2,1-2H3. The largest absolute Gasteiger partial charge is 0.480 e. The Hall–Kier alpha value is -2.08. The summed E-state index contributed by atoms with van der Waals surface area (Å²) in [6, 6.07) is 4.31. The molecule has 6 nitrogen and oxygen atoms in total. The lowest BCUT2D eigenvalue weighted by Crippen LogP contribution is -2.58. The zero-order chi connectivity index (χ0) is 18.3. The van der Waals surface area contributed by atoms with Crippen molar-refractivity contribution < 1.29 is 14.3 Å². The maximum atomic E-state index is 13.0. The molecular weight excluding hydrogens is 330 g/mol. The molecule has 3 heterocycles. The number of piperidine rings is 1. The monoisotopic (exact) mass is 357 g/mol. The number of fused-ring (bicyclic) bond motifs is 1. The predicted octanol–water partition coefficient (Wildman–Crippen LogP) is 1.03. The molecule has 3 aliphatic rings. The summed E-state index contributed by atoms with van der Waals surface area (Å²) < 4.78 is 5.98. The number of carbonyl (C=O) groups is 2. The lowest BCUT2D eigenvalue weighted by atomic mass is 10.0. The van der Waals surface area contributed by atoms with Crippen molar-refractivity contribution in [1.29, 1.82) is 0 Å². The van der Waals surface area contributed by atoms with Crippen LogP contribution in [0.15, 0.2) is 12.1 Å². The quantitative estimate of drug-likeness (QED) is 0.859. The van der Waals surface area contributed by atoms with Crippen LogP contribution >= 0.6 is 0 Å². The average Bonchev–Trinajstić information content (AvgIpc) is 3.04. The zero-order valence-electron chi connectivity index (χ0n) is 15.6. The zero-order valence-corrected chi connectivity index (χ0v) is 15.6. The number of nitrogens with one attached hydrogen (secondary N) is 1. The number of amides is 2. The van der Waals surface area contributed by atoms with Gasteiger partial charge in [0.05, 0.1) is 6.54 Å². The SMILES string of the molecule is Cc1cc2c(cc1C)OC(C(=O)N1CCCC(N3CCNCC3=O)C1)C2. The van der Waals surface area contributed by atoms with Crippen molar-refractivity contribution in [2.45, 2.75) is 45.3 Å². The Morgan fingerprint density at radius 1 is 1.23 bits per heavy atom. The van der Waals surface area contributed by atoms with Crippen molar-refractivity contribution in [2.75, 3.05) is 32.7 Å². The third-order valence-corrected chi connectivity index (χ3v) is 5.90. The summed E-state index contributed by atoms with van der Waals surface area (Å²) in [5, 5.41) is 3.11. The second-order valence-corrected chi connectivity index (χ2v) is 7.70. The number of aryl methyl sites for hydroxylation is 2. The first-order chi connectivity index (χ1) is 12.5. The van der Waals surface area contributed by atoms with Crippen molar-refractivity contribution in [2.24, 2.45) is 0 Å². The number of ether oxygens (including phenoxy) is 1. The van der Waals surface area contributed by atoms with Gasteiger partial charge in [-0.25, -0.2) is 0 Å². The minimum atomic E-state index is -0.427. The number of nitrogens with zero attached hydrogens (tertiary/aromatic N) is 2. The Balaban J connectivity index is 1.43. The summed E-state index contributed by atoms with van der Waals surface area (Å²) >= 11 is 0. The molecule has 6 heteroatoms. The van der Waals surface area contributed by atoms with Crippen molar-refractivity contribution in [1.82, 2.24) is 15.1 Å². The van der Waals surface area contributed by atoms with Gasteiger partial charge in [-0.05, 0) is 49.4 Å². The Bertz CT molecular complexity index is 702. The van der Waals surface area contributed by atoms with Crippen LogP contribution in [-0.2, 0) is 16.0 Å². The van der Waals surface area contributed by atoms with E-state index in [1.54, 1.807) is 0 Å². The lowest BCUT2D eigenvalue weighted by molar-refractivity contribution is -0.144. The van der Waals surface area contributed by atoms with E-state index < -0.39 is 6.10 Å². The number of carbonyl (C=O) groups excluding carboxylic acids is 2. The van der Waals surface area contributed by atoms with Gasteiger partial charge in [-0.3, -0.25) is 9.59 Å². The van der Waals surface area contributed by atoms with Gasteiger partial charge >= 0.3 is 0 Å². The van der Waals surface area contributed by atoms with Crippen LogP contribution in [0.5, 0.6) is 5.75 Å². The molecule has 26 heavy (non-hydrogen) atoms. The maximum absolute atomic E-state index is 13.0. The van der Waals surface area contributed by atoms with E-state index in [-0.39, 0.29) is 17.9 Å². The highest BCUT2D eigenvalue weighted by atomic mass is 16.5. The fourth-order valence-corrected chi connectivity index (χ4v) is 4.27. The van der Waals surface area contributed by atoms with Crippen LogP contribution in [0.2, 0.25) is 0 Å². The number of benzene rings is 1. The second-order valence-electron chi connectivity index (χ2n) is 7.70. The summed E-state index contributed by atoms with van der Waals surface area (Å²) in [7, 11) is 0. The van der Waals surface area contributed by atoms with E-state index in [0.29, 0.717) is 19.5 Å². The molecule has 2 amide bonds. The Labute approximate surface area is 154 Å². The first kappa shape index (κ1) is 17.3. The molecule has 0 saturated carbocycles. The fraction of sp³-hybridized carbons (Fsp3) is 0.600. The van der Waals surface area contributed by atoms with Crippen molar-refractivity contribution in [3.63, 3.8) is 0 Å². The summed E-state index contributed by atoms with van der Waals surface area (Å²) in [4.78, 5) is 29.1. The molecule has 4 rings (SSSR count). The number of hydrogen-bond donors (Lipinski definition) is 1. The van der Waals surface area contributed by atoms with E-state index in [4.69, 9.17) is 4.74 Å². The third kappa shape index (κ3) is 3.18. The molecule has 0 aromatic heterocycles. The Kier molecular flexibility index (Phi) is 4.61. The van der Waals surface area contributed by atoms with Crippen LogP contribution in [0.25, 0.3) is 0 Å². The van der Waals surface area contributed by atoms with Crippen molar-refractivity contribution in [3.05, 3.63) is 28.8 Å². The van der Waals surface area contributed by atoms with Crippen LogP contribution in [0, 0.1) is 13.8 Å². The molecule has 3 aliphatic heterocycles. The van der Waals surface area contributed by atoms with E-state index in [2.05, 4.69) is 25.2 Å². The molecule has 2 fully saturated rings. The summed E-state index contributed by atoms with van der Waals surface area (Å²) in [5.74, 6) is 1.05. The smallest absolute Gasteiger partial charge is 0.264 e. The topological polar surface area (TPSA) is 61.9 Å². The van der Waals surface area contributed by atoms with Gasteiger partial charge in [0.1, 0.15) is 5.75 Å². The highest BCUT2D eigenvalue weighted by Crippen LogP contribution is 2.32. The lowest BCUT2D eigenvalue weighted by Gasteiger charge is -2.41. The number of hydrogen-bond acceptors (Lipinski definition) is 4. The molecule has 2 unspecified atom stereocenters. The van der Waals surface area contributed by atoms with Gasteiger partial charge in [-0.2, -0.15) is 0 Å². The normalized spacial score (nSPS) is 25.8. The average molecular weight is 357 g/mol. The van der Waals surface area contributed by atoms with Gasteiger partial charge in [0, 0.05) is 38.6 Å². The molecule has 0 aliphatic carbocycles. The van der Waals surface area contributed by atoms with Crippen LogP contribution in [0.4, 0.5) is 0 Å². The van der Waals surface area contributed by atoms with Crippen LogP contribution in [0.3, 0.4) is 0 Å². The summed E-state index contributed by atoms with van der Waals surface area (Å²) in [6.07, 6.45) is 2.12. The van der Waals surface area contributed by atoms with Gasteiger partial charge in [-0.15, -0.1) is 0 Å².